The maximum absolute atomic E-state index is 14.6. The van der Waals surface area contributed by atoms with Crippen molar-refractivity contribution in [2.75, 3.05) is 51.5 Å². The summed E-state index contributed by atoms with van der Waals surface area (Å²) in [6, 6.07) is 38.2. The highest BCUT2D eigenvalue weighted by atomic mass is 16.5. The Kier molecular flexibility index (Phi) is 14.3. The SMILES string of the molecule is CCc1cc2c([nH]1)N1CCNCC1C1(CCCC1)c1ccc(cc1)CC(CO)COc1c(OC)c(OCCC(O)C=Cc3ccccc3)c3c(=O)cc(-c4ccc(O)cc4)oc3c1CCc1cccc-2c1. The van der Waals surface area contributed by atoms with Crippen molar-refractivity contribution in [2.45, 2.75) is 82.3 Å². The number of phenolic OH excluding ortho intramolecular Hbond substituents is 1. The number of H-pyrrole nitrogens is 1. The first-order valence-electron chi connectivity index (χ1n) is 25.4. The van der Waals surface area contributed by atoms with Gasteiger partial charge in [-0.15, -0.1) is 0 Å². The lowest BCUT2D eigenvalue weighted by Crippen LogP contribution is -2.60. The third-order valence-electron chi connectivity index (χ3n) is 15.0. The number of aromatic amines is 1. The van der Waals surface area contributed by atoms with E-state index >= 15 is 0 Å². The number of aromatic nitrogens is 1. The summed E-state index contributed by atoms with van der Waals surface area (Å²) >= 11 is 0. The number of phenols is 1. The van der Waals surface area contributed by atoms with Crippen molar-refractivity contribution < 1.29 is 33.9 Å². The van der Waals surface area contributed by atoms with Gasteiger partial charge in [-0.1, -0.05) is 111 Å². The summed E-state index contributed by atoms with van der Waals surface area (Å²) in [4.78, 5) is 21.2. The predicted octanol–water partition coefficient (Wildman–Crippen LogP) is 10.2. The van der Waals surface area contributed by atoms with E-state index in [1.54, 1.807) is 30.3 Å². The second kappa shape index (κ2) is 21.3. The van der Waals surface area contributed by atoms with E-state index in [2.05, 4.69) is 76.7 Å². The molecule has 4 aliphatic rings. The van der Waals surface area contributed by atoms with Crippen LogP contribution in [0.15, 0.2) is 131 Å². The van der Waals surface area contributed by atoms with Crippen LogP contribution < -0.4 is 29.9 Å². The molecular formula is C60H65N3O8. The molecule has 0 radical (unpaired) electrons. The Morgan fingerprint density at radius 2 is 1.70 bits per heavy atom. The average molecular weight is 956 g/mol. The third-order valence-corrected chi connectivity index (χ3v) is 15.0. The lowest BCUT2D eigenvalue weighted by molar-refractivity contribution is 0.156. The molecule has 0 amide bonds. The smallest absolute Gasteiger partial charge is 0.204 e. The summed E-state index contributed by atoms with van der Waals surface area (Å²) in [5, 5.41) is 36.2. The molecular weight excluding hydrogens is 891 g/mol. The fraction of sp³-hybridized carbons (Fsp3) is 0.350. The Morgan fingerprint density at radius 1 is 0.901 bits per heavy atom. The van der Waals surface area contributed by atoms with Crippen LogP contribution in [0, 0.1) is 5.92 Å². The van der Waals surface area contributed by atoms with Crippen LogP contribution in [0.25, 0.3) is 39.5 Å². The predicted molar refractivity (Wildman–Crippen MR) is 281 cm³/mol. The van der Waals surface area contributed by atoms with Gasteiger partial charge in [-0.05, 0) is 96.7 Å². The molecule has 3 unspecified atom stereocenters. The molecule has 5 heterocycles. The van der Waals surface area contributed by atoms with E-state index in [0.29, 0.717) is 41.9 Å². The monoisotopic (exact) mass is 955 g/mol. The van der Waals surface area contributed by atoms with Crippen molar-refractivity contribution in [3.05, 3.63) is 165 Å². The first-order chi connectivity index (χ1) is 34.7. The fourth-order valence-corrected chi connectivity index (χ4v) is 11.3. The highest BCUT2D eigenvalue weighted by Crippen LogP contribution is 2.50. The number of anilines is 1. The van der Waals surface area contributed by atoms with Crippen LogP contribution in [0.5, 0.6) is 23.0 Å². The highest BCUT2D eigenvalue weighted by Gasteiger charge is 2.47. The molecule has 3 aliphatic heterocycles. The van der Waals surface area contributed by atoms with Crippen LogP contribution in [0.3, 0.4) is 0 Å². The molecule has 11 nitrogen and oxygen atoms in total. The zero-order valence-electron chi connectivity index (χ0n) is 40.8. The quantitative estimate of drug-likeness (QED) is 0.0897. The molecule has 368 valence electrons. The molecule has 4 bridgehead atoms. The Morgan fingerprint density at radius 3 is 2.46 bits per heavy atom. The van der Waals surface area contributed by atoms with Gasteiger partial charge in [-0.3, -0.25) is 4.79 Å². The van der Waals surface area contributed by atoms with Gasteiger partial charge in [0, 0.05) is 72.4 Å². The molecule has 1 spiro atoms. The Hall–Kier alpha value is -6.79. The van der Waals surface area contributed by atoms with Crippen molar-refractivity contribution in [1.29, 1.82) is 0 Å². The molecule has 7 aromatic rings. The number of piperazine rings is 1. The topological polar surface area (TPSA) is 150 Å². The molecule has 5 N–H and O–H groups in total. The molecule has 1 saturated carbocycles. The molecule has 2 fully saturated rings. The van der Waals surface area contributed by atoms with Crippen molar-refractivity contribution in [1.82, 2.24) is 10.3 Å². The average Bonchev–Trinajstić information content (AvgIpc) is 4.09. The summed E-state index contributed by atoms with van der Waals surface area (Å²) in [6.45, 7) is 4.94. The number of aliphatic hydroxyl groups is 2. The van der Waals surface area contributed by atoms with Gasteiger partial charge in [0.1, 0.15) is 28.3 Å². The number of benzene rings is 5. The van der Waals surface area contributed by atoms with Crippen molar-refractivity contribution in [3.63, 3.8) is 0 Å². The van der Waals surface area contributed by atoms with Gasteiger partial charge in [-0.2, -0.15) is 0 Å². The van der Waals surface area contributed by atoms with Crippen LogP contribution >= 0.6 is 0 Å². The third kappa shape index (κ3) is 9.96. The van der Waals surface area contributed by atoms with Gasteiger partial charge in [-0.25, -0.2) is 0 Å². The number of fused-ring (bicyclic) bond motifs is 7. The zero-order chi connectivity index (χ0) is 48.9. The number of rotatable bonds is 10. The number of nitrogens with zero attached hydrogens (tertiary/aromatic N) is 1. The van der Waals surface area contributed by atoms with E-state index in [0.717, 1.165) is 61.2 Å². The zero-order valence-corrected chi connectivity index (χ0v) is 40.8. The standard InChI is InChI=1S/C60H65N3O8/c1-3-46-34-50-44-13-9-12-40(33-44)17-25-49-55-54(51(67)35-52(71-55)43-18-23-47(65)24-19-43)57(69-31-26-48(66)22-16-39-10-5-4-6-11-39)58(68-2)56(49)70-38-42(37-64)32-41-14-20-45(21-15-41)60(27-7-8-28-60)53-36-61-29-30-63(53)59(50)62-46/h4-6,9-16,18-24,33-35,42,48,53,61-62,64-66H,3,7-8,17,25-32,36-38H2,1-2H3. The van der Waals surface area contributed by atoms with E-state index in [4.69, 9.17) is 18.6 Å². The summed E-state index contributed by atoms with van der Waals surface area (Å²) in [6.07, 6.45) is 10.0. The largest absolute Gasteiger partial charge is 0.508 e. The van der Waals surface area contributed by atoms with E-state index in [1.807, 2.05) is 36.4 Å². The summed E-state index contributed by atoms with van der Waals surface area (Å²) < 4.78 is 26.5. The van der Waals surface area contributed by atoms with Gasteiger partial charge < -0.3 is 49.1 Å². The van der Waals surface area contributed by atoms with Gasteiger partial charge in [0.15, 0.2) is 16.9 Å². The Bertz CT molecular complexity index is 3030. The van der Waals surface area contributed by atoms with Crippen LogP contribution in [0.2, 0.25) is 0 Å². The van der Waals surface area contributed by atoms with E-state index in [9.17, 15) is 20.1 Å². The molecule has 5 aromatic carbocycles. The molecule has 71 heavy (non-hydrogen) atoms. The first-order valence-corrected chi connectivity index (χ1v) is 25.4. The van der Waals surface area contributed by atoms with E-state index in [-0.39, 0.29) is 77.3 Å². The maximum atomic E-state index is 14.6. The molecule has 3 atom stereocenters. The Balaban J connectivity index is 1.11. The number of ether oxygens (including phenoxy) is 3. The number of methoxy groups -OCH3 is 1. The van der Waals surface area contributed by atoms with Gasteiger partial charge >= 0.3 is 0 Å². The van der Waals surface area contributed by atoms with Crippen molar-refractivity contribution in [3.8, 4) is 45.4 Å². The summed E-state index contributed by atoms with van der Waals surface area (Å²) in [5.41, 5.74) is 9.16. The number of nitrogens with one attached hydrogen (secondary N) is 2. The molecule has 1 aliphatic carbocycles. The lowest BCUT2D eigenvalue weighted by atomic mass is 9.71. The number of aryl methyl sites for hydroxylation is 3. The minimum absolute atomic E-state index is 0.0280. The van der Waals surface area contributed by atoms with Gasteiger partial charge in [0.25, 0.3) is 0 Å². The van der Waals surface area contributed by atoms with E-state index < -0.39 is 6.10 Å². The number of hydrogen-bond acceptors (Lipinski definition) is 10. The van der Waals surface area contributed by atoms with E-state index in [1.165, 1.54) is 48.7 Å². The molecule has 11 heteroatoms. The minimum atomic E-state index is -0.831. The summed E-state index contributed by atoms with van der Waals surface area (Å²) in [5.74, 6) is 2.02. The fourth-order valence-electron chi connectivity index (χ4n) is 11.3. The van der Waals surface area contributed by atoms with Crippen LogP contribution in [0.4, 0.5) is 5.82 Å². The molecule has 1 saturated heterocycles. The highest BCUT2D eigenvalue weighted by molar-refractivity contribution is 5.93. The lowest BCUT2D eigenvalue weighted by Gasteiger charge is -2.48. The second-order valence-corrected chi connectivity index (χ2v) is 19.5. The molecule has 2 aromatic heterocycles. The molecule has 11 rings (SSSR count). The second-order valence-electron chi connectivity index (χ2n) is 19.5. The summed E-state index contributed by atoms with van der Waals surface area (Å²) in [7, 11) is 1.53. The Labute approximate surface area is 415 Å². The minimum Gasteiger partial charge on any atom is -0.508 e. The van der Waals surface area contributed by atoms with Crippen molar-refractivity contribution >= 4 is 22.9 Å². The number of aromatic hydroxyl groups is 1. The normalized spacial score (nSPS) is 18.5. The number of aliphatic hydroxyl groups excluding tert-OH is 2. The number of hydrogen-bond donors (Lipinski definition) is 5. The van der Waals surface area contributed by atoms with Gasteiger partial charge in [0.05, 0.1) is 32.5 Å². The van der Waals surface area contributed by atoms with Crippen molar-refractivity contribution in [2.24, 2.45) is 5.92 Å². The maximum Gasteiger partial charge on any atom is 0.204 e. The van der Waals surface area contributed by atoms with Gasteiger partial charge in [0.2, 0.25) is 5.75 Å². The van der Waals surface area contributed by atoms with Crippen LogP contribution in [0.1, 0.15) is 72.5 Å². The van der Waals surface area contributed by atoms with Crippen LogP contribution in [-0.2, 0) is 31.1 Å². The first kappa shape index (κ1) is 47.9. The van der Waals surface area contributed by atoms with Crippen LogP contribution in [-0.4, -0.2) is 79.0 Å².